The molecule has 0 unspecified atom stereocenters. The van der Waals surface area contributed by atoms with Crippen molar-refractivity contribution in [2.75, 3.05) is 5.32 Å². The Balaban J connectivity index is 1.56. The van der Waals surface area contributed by atoms with Crippen molar-refractivity contribution in [2.45, 2.75) is 12.5 Å². The average Bonchev–Trinajstić information content (AvgIpc) is 2.64. The molecule has 7 heteroatoms. The van der Waals surface area contributed by atoms with Crippen LogP contribution in [0.3, 0.4) is 0 Å². The normalized spacial score (nSPS) is 17.9. The van der Waals surface area contributed by atoms with E-state index in [1.54, 1.807) is 23.4 Å². The molecule has 2 amide bonds. The number of amides is 2. The zero-order valence-electron chi connectivity index (χ0n) is 13.2. The Bertz CT molecular complexity index is 891. The molecule has 0 saturated carbocycles. The summed E-state index contributed by atoms with van der Waals surface area (Å²) in [4.78, 5) is 30.6. The Morgan fingerprint density at radius 3 is 2.72 bits per heavy atom. The second-order valence-corrected chi connectivity index (χ2v) is 5.71. The van der Waals surface area contributed by atoms with Gasteiger partial charge in [-0.2, -0.15) is 5.10 Å². The number of nitrogens with zero attached hydrogens (tertiary/aromatic N) is 3. The fourth-order valence-corrected chi connectivity index (χ4v) is 2.85. The third kappa shape index (κ3) is 2.87. The van der Waals surface area contributed by atoms with Crippen LogP contribution < -0.4 is 10.7 Å². The molecule has 0 aliphatic carbocycles. The van der Waals surface area contributed by atoms with Gasteiger partial charge < -0.3 is 10.2 Å². The van der Waals surface area contributed by atoms with E-state index in [0.29, 0.717) is 11.5 Å². The van der Waals surface area contributed by atoms with Gasteiger partial charge in [0, 0.05) is 11.3 Å². The van der Waals surface area contributed by atoms with Gasteiger partial charge in [-0.25, -0.2) is 10.4 Å². The zero-order chi connectivity index (χ0) is 17.2. The number of hydrogen-bond donors (Lipinski definition) is 2. The molecule has 0 fully saturated rings. The lowest BCUT2D eigenvalue weighted by molar-refractivity contribution is -0.128. The quantitative estimate of drug-likeness (QED) is 0.899. The molecule has 25 heavy (non-hydrogen) atoms. The Kier molecular flexibility index (Phi) is 3.74. The van der Waals surface area contributed by atoms with Gasteiger partial charge in [0.25, 0.3) is 5.91 Å². The third-order valence-electron chi connectivity index (χ3n) is 4.06. The summed E-state index contributed by atoms with van der Waals surface area (Å²) in [7, 11) is 0. The van der Waals surface area contributed by atoms with Gasteiger partial charge in [-0.1, -0.05) is 30.3 Å². The zero-order valence-corrected chi connectivity index (χ0v) is 13.2. The van der Waals surface area contributed by atoms with Gasteiger partial charge in [-0.15, -0.1) is 0 Å². The van der Waals surface area contributed by atoms with E-state index in [-0.39, 0.29) is 18.2 Å². The summed E-state index contributed by atoms with van der Waals surface area (Å²) in [6.45, 7) is 0. The number of hydrogen-bond acceptors (Lipinski definition) is 5. The number of carbonyl (C=O) groups excluding carboxylic acids is 2. The van der Waals surface area contributed by atoms with Crippen molar-refractivity contribution in [3.05, 3.63) is 60.2 Å². The molecule has 1 atom stereocenters. The lowest BCUT2D eigenvalue weighted by atomic mass is 10.1. The highest BCUT2D eigenvalue weighted by Gasteiger charge is 2.36. The van der Waals surface area contributed by atoms with Gasteiger partial charge in [-0.05, 0) is 24.3 Å². The largest absolute Gasteiger partial charge is 0.326 e. The third-order valence-corrected chi connectivity index (χ3v) is 4.06. The number of carbonyl (C=O) groups is 2. The molecule has 2 N–H and O–H groups in total. The molecule has 0 bridgehead atoms. The highest BCUT2D eigenvalue weighted by Crippen LogP contribution is 2.27. The Morgan fingerprint density at radius 2 is 1.88 bits per heavy atom. The lowest BCUT2D eigenvalue weighted by Crippen LogP contribution is -2.54. The first-order valence-electron chi connectivity index (χ1n) is 7.87. The number of aliphatic imine (C=N–C) groups is 1. The minimum Gasteiger partial charge on any atom is -0.326 e. The van der Waals surface area contributed by atoms with Crippen molar-refractivity contribution >= 4 is 35.4 Å². The fraction of sp³-hybridized carbons (Fsp3) is 0.111. The highest BCUT2D eigenvalue weighted by atomic mass is 16.2. The van der Waals surface area contributed by atoms with Gasteiger partial charge in [0.05, 0.1) is 18.4 Å². The SMILES string of the molecule is O=C(C[C@H]1C(=O)NN=C2c3ccccc3N=CN21)Nc1ccccc1. The molecule has 0 spiro atoms. The van der Waals surface area contributed by atoms with Crippen molar-refractivity contribution in [1.29, 1.82) is 0 Å². The molecular weight excluding hydrogens is 318 g/mol. The maximum Gasteiger partial charge on any atom is 0.263 e. The lowest BCUT2D eigenvalue weighted by Gasteiger charge is -2.34. The number of fused-ring (bicyclic) bond motifs is 3. The molecule has 2 aromatic rings. The van der Waals surface area contributed by atoms with E-state index in [4.69, 9.17) is 0 Å². The minimum absolute atomic E-state index is 0.00602. The van der Waals surface area contributed by atoms with Gasteiger partial charge >= 0.3 is 0 Å². The van der Waals surface area contributed by atoms with Crippen LogP contribution >= 0.6 is 0 Å². The number of benzene rings is 2. The van der Waals surface area contributed by atoms with Crippen molar-refractivity contribution in [3.8, 4) is 0 Å². The van der Waals surface area contributed by atoms with Gasteiger partial charge in [0.2, 0.25) is 5.91 Å². The molecule has 2 heterocycles. The van der Waals surface area contributed by atoms with Crippen molar-refractivity contribution in [1.82, 2.24) is 10.3 Å². The second kappa shape index (κ2) is 6.20. The number of anilines is 1. The molecule has 7 nitrogen and oxygen atoms in total. The van der Waals surface area contributed by atoms with Gasteiger partial charge in [-0.3, -0.25) is 9.59 Å². The smallest absolute Gasteiger partial charge is 0.263 e. The number of nitrogens with one attached hydrogen (secondary N) is 2. The summed E-state index contributed by atoms with van der Waals surface area (Å²) in [6, 6.07) is 16.0. The molecule has 0 radical (unpaired) electrons. The first-order chi connectivity index (χ1) is 12.2. The molecular formula is C18H15N5O2. The predicted molar refractivity (Wildman–Crippen MR) is 94.6 cm³/mol. The van der Waals surface area contributed by atoms with Crippen molar-refractivity contribution < 1.29 is 9.59 Å². The molecule has 2 aliphatic rings. The van der Waals surface area contributed by atoms with Crippen LogP contribution in [0.2, 0.25) is 0 Å². The Hall–Kier alpha value is -3.48. The Labute approximate surface area is 144 Å². The summed E-state index contributed by atoms with van der Waals surface area (Å²) in [6.07, 6.45) is 1.55. The van der Waals surface area contributed by atoms with E-state index in [1.807, 2.05) is 42.5 Å². The average molecular weight is 333 g/mol. The van der Waals surface area contributed by atoms with Crippen LogP contribution in [0, 0.1) is 0 Å². The topological polar surface area (TPSA) is 86.2 Å². The van der Waals surface area contributed by atoms with Crippen LogP contribution in [-0.4, -0.2) is 34.9 Å². The number of hydrazone groups is 1. The first kappa shape index (κ1) is 15.1. The monoisotopic (exact) mass is 333 g/mol. The summed E-state index contributed by atoms with van der Waals surface area (Å²) in [5.41, 5.74) is 4.79. The van der Waals surface area contributed by atoms with Crippen LogP contribution in [0.1, 0.15) is 12.0 Å². The van der Waals surface area contributed by atoms with E-state index < -0.39 is 6.04 Å². The van der Waals surface area contributed by atoms with Gasteiger partial charge in [0.1, 0.15) is 6.04 Å². The number of amidine groups is 1. The minimum atomic E-state index is -0.701. The number of para-hydroxylation sites is 2. The van der Waals surface area contributed by atoms with E-state index in [9.17, 15) is 9.59 Å². The first-order valence-corrected chi connectivity index (χ1v) is 7.87. The maximum atomic E-state index is 12.3. The fourth-order valence-electron chi connectivity index (χ4n) is 2.85. The molecule has 2 aromatic carbocycles. The van der Waals surface area contributed by atoms with Crippen LogP contribution in [0.25, 0.3) is 0 Å². The molecule has 0 aromatic heterocycles. The summed E-state index contributed by atoms with van der Waals surface area (Å²) >= 11 is 0. The van der Waals surface area contributed by atoms with E-state index in [0.717, 1.165) is 11.3 Å². The molecule has 124 valence electrons. The molecule has 2 aliphatic heterocycles. The molecule has 0 saturated heterocycles. The van der Waals surface area contributed by atoms with Gasteiger partial charge in [0.15, 0.2) is 5.84 Å². The van der Waals surface area contributed by atoms with E-state index >= 15 is 0 Å². The van der Waals surface area contributed by atoms with Crippen LogP contribution in [0.5, 0.6) is 0 Å². The van der Waals surface area contributed by atoms with Crippen LogP contribution in [0.4, 0.5) is 11.4 Å². The van der Waals surface area contributed by atoms with E-state index in [1.165, 1.54) is 0 Å². The van der Waals surface area contributed by atoms with Crippen molar-refractivity contribution in [3.63, 3.8) is 0 Å². The highest BCUT2D eigenvalue weighted by molar-refractivity contribution is 6.14. The molecule has 4 rings (SSSR count). The van der Waals surface area contributed by atoms with Crippen molar-refractivity contribution in [2.24, 2.45) is 10.1 Å². The van der Waals surface area contributed by atoms with Crippen LogP contribution in [0.15, 0.2) is 64.7 Å². The standard InChI is InChI=1S/C18H15N5O2/c24-16(20-12-6-2-1-3-7-12)10-15-18(25)22-21-17-13-8-4-5-9-14(13)19-11-23(15)17/h1-9,11,15H,10H2,(H,20,24)(H,22,25)/t15-/m0/s1. The summed E-state index contributed by atoms with van der Waals surface area (Å²) in [5, 5.41) is 6.93. The second-order valence-electron chi connectivity index (χ2n) is 5.71. The predicted octanol–water partition coefficient (Wildman–Crippen LogP) is 1.85. The van der Waals surface area contributed by atoms with Crippen LogP contribution in [-0.2, 0) is 9.59 Å². The maximum absolute atomic E-state index is 12.3. The summed E-state index contributed by atoms with van der Waals surface area (Å²) in [5.74, 6) is 0.000336. The summed E-state index contributed by atoms with van der Waals surface area (Å²) < 4.78 is 0. The number of rotatable bonds is 3. The van der Waals surface area contributed by atoms with E-state index in [2.05, 4.69) is 20.8 Å². The Morgan fingerprint density at radius 1 is 1.12 bits per heavy atom.